The van der Waals surface area contributed by atoms with Gasteiger partial charge in [0, 0.05) is 11.5 Å². The van der Waals surface area contributed by atoms with Crippen molar-refractivity contribution in [2.45, 2.75) is 19.0 Å². The second-order valence-corrected chi connectivity index (χ2v) is 9.80. The van der Waals surface area contributed by atoms with E-state index in [0.29, 0.717) is 17.1 Å². The highest BCUT2D eigenvalue weighted by Crippen LogP contribution is 2.20. The standard InChI is InChI=1S/C21H18N4O6S2/c1-13(2)12-33(28,29)21-24-20(32-25-21)23-18(26)15(11-22)10-14-5-7-16(8-6-14)31-19(27)17-4-3-9-30-17/h3-10,13H,12H2,1-2H3,(H,23,24,25,26)/b15-10-. The number of sulfone groups is 1. The molecule has 0 saturated carbocycles. The molecular formula is C21H18N4O6S2. The Bertz CT molecular complexity index is 1320. The Morgan fingerprint density at radius 2 is 2.00 bits per heavy atom. The van der Waals surface area contributed by atoms with Crippen LogP contribution in [0.25, 0.3) is 6.08 Å². The van der Waals surface area contributed by atoms with Gasteiger partial charge >= 0.3 is 5.97 Å². The number of nitriles is 1. The Morgan fingerprint density at radius 3 is 2.61 bits per heavy atom. The number of anilines is 1. The Labute approximate surface area is 193 Å². The van der Waals surface area contributed by atoms with Crippen LogP contribution in [0.2, 0.25) is 0 Å². The lowest BCUT2D eigenvalue weighted by Gasteiger charge is -2.03. The SMILES string of the molecule is CC(C)CS(=O)(=O)c1nsc(NC(=O)/C(C#N)=C\c2ccc(OC(=O)c3ccco3)cc2)n1. The molecule has 12 heteroatoms. The van der Waals surface area contributed by atoms with E-state index in [0.717, 1.165) is 0 Å². The third kappa shape index (κ3) is 6.34. The molecule has 2 heterocycles. The second kappa shape index (κ2) is 10.2. The Balaban J connectivity index is 1.67. The lowest BCUT2D eigenvalue weighted by Crippen LogP contribution is -2.15. The number of ether oxygens (including phenoxy) is 1. The first-order valence-corrected chi connectivity index (χ1v) is 12.0. The molecule has 1 amide bonds. The van der Waals surface area contributed by atoms with Gasteiger partial charge in [-0.2, -0.15) is 14.6 Å². The van der Waals surface area contributed by atoms with E-state index in [4.69, 9.17) is 9.15 Å². The molecule has 1 N–H and O–H groups in total. The number of amides is 1. The van der Waals surface area contributed by atoms with Gasteiger partial charge in [0.2, 0.25) is 20.7 Å². The van der Waals surface area contributed by atoms with Gasteiger partial charge in [0.1, 0.15) is 17.4 Å². The topological polar surface area (TPSA) is 152 Å². The van der Waals surface area contributed by atoms with Crippen molar-refractivity contribution in [1.29, 1.82) is 5.26 Å². The normalized spacial score (nSPS) is 11.8. The molecule has 10 nitrogen and oxygen atoms in total. The van der Waals surface area contributed by atoms with Crippen molar-refractivity contribution in [1.82, 2.24) is 9.36 Å². The van der Waals surface area contributed by atoms with Crippen LogP contribution >= 0.6 is 11.5 Å². The Morgan fingerprint density at radius 1 is 1.27 bits per heavy atom. The minimum absolute atomic E-state index is 0.0383. The predicted molar refractivity (Wildman–Crippen MR) is 119 cm³/mol. The second-order valence-electron chi connectivity index (χ2n) is 7.12. The number of hydrogen-bond acceptors (Lipinski definition) is 10. The number of carbonyl (C=O) groups excluding carboxylic acids is 2. The summed E-state index contributed by atoms with van der Waals surface area (Å²) in [6.07, 6.45) is 2.68. The number of benzene rings is 1. The van der Waals surface area contributed by atoms with E-state index in [-0.39, 0.29) is 39.0 Å². The average molecular weight is 487 g/mol. The van der Waals surface area contributed by atoms with Gasteiger partial charge in [-0.1, -0.05) is 26.0 Å². The van der Waals surface area contributed by atoms with E-state index in [1.807, 2.05) is 0 Å². The van der Waals surface area contributed by atoms with Gasteiger partial charge in [0.05, 0.1) is 12.0 Å². The van der Waals surface area contributed by atoms with Crippen molar-refractivity contribution in [3.8, 4) is 11.8 Å². The Kier molecular flexibility index (Phi) is 7.37. The number of nitrogens with zero attached hydrogens (tertiary/aromatic N) is 3. The highest BCUT2D eigenvalue weighted by Gasteiger charge is 2.23. The van der Waals surface area contributed by atoms with E-state index in [9.17, 15) is 23.3 Å². The number of rotatable bonds is 8. The summed E-state index contributed by atoms with van der Waals surface area (Å²) in [6, 6.07) is 10.9. The van der Waals surface area contributed by atoms with Crippen LogP contribution in [-0.4, -0.2) is 35.4 Å². The molecule has 170 valence electrons. The molecular weight excluding hydrogens is 468 g/mol. The zero-order chi connectivity index (χ0) is 24.0. The molecule has 1 aromatic carbocycles. The van der Waals surface area contributed by atoms with Crippen LogP contribution in [0.4, 0.5) is 5.13 Å². The van der Waals surface area contributed by atoms with Crippen LogP contribution in [0.3, 0.4) is 0 Å². The summed E-state index contributed by atoms with van der Waals surface area (Å²) in [5.41, 5.74) is 0.258. The first-order valence-electron chi connectivity index (χ1n) is 9.53. The summed E-state index contributed by atoms with van der Waals surface area (Å²) in [4.78, 5) is 28.2. The van der Waals surface area contributed by atoms with Crippen molar-refractivity contribution in [3.63, 3.8) is 0 Å². The number of nitrogens with one attached hydrogen (secondary N) is 1. The van der Waals surface area contributed by atoms with Crippen LogP contribution in [-0.2, 0) is 14.6 Å². The molecule has 2 aromatic heterocycles. The molecule has 3 aromatic rings. The molecule has 0 atom stereocenters. The fourth-order valence-electron chi connectivity index (χ4n) is 2.56. The van der Waals surface area contributed by atoms with Crippen LogP contribution in [0.1, 0.15) is 30.0 Å². The molecule has 0 aliphatic heterocycles. The van der Waals surface area contributed by atoms with E-state index < -0.39 is 21.7 Å². The van der Waals surface area contributed by atoms with Crippen molar-refractivity contribution in [3.05, 3.63) is 59.6 Å². The van der Waals surface area contributed by atoms with Gasteiger partial charge in [-0.25, -0.2) is 13.2 Å². The number of carbonyl (C=O) groups is 2. The summed E-state index contributed by atoms with van der Waals surface area (Å²) >= 11 is 0.707. The van der Waals surface area contributed by atoms with E-state index in [1.165, 1.54) is 30.5 Å². The van der Waals surface area contributed by atoms with Crippen LogP contribution in [0, 0.1) is 17.2 Å². The van der Waals surface area contributed by atoms with Crippen molar-refractivity contribution in [2.24, 2.45) is 5.92 Å². The fraction of sp³-hybridized carbons (Fsp3) is 0.190. The van der Waals surface area contributed by atoms with Crippen LogP contribution < -0.4 is 10.1 Å². The molecule has 0 unspecified atom stereocenters. The molecule has 33 heavy (non-hydrogen) atoms. The lowest BCUT2D eigenvalue weighted by molar-refractivity contribution is -0.112. The Hall–Kier alpha value is -3.82. The molecule has 0 aliphatic rings. The molecule has 0 radical (unpaired) electrons. The highest BCUT2D eigenvalue weighted by atomic mass is 32.2. The summed E-state index contributed by atoms with van der Waals surface area (Å²) in [7, 11) is -3.66. The molecule has 3 rings (SSSR count). The van der Waals surface area contributed by atoms with Gasteiger partial charge in [-0.3, -0.25) is 10.1 Å². The first-order chi connectivity index (χ1) is 15.7. The fourth-order valence-corrected chi connectivity index (χ4v) is 4.92. The van der Waals surface area contributed by atoms with Gasteiger partial charge in [-0.05, 0) is 41.8 Å². The third-order valence-corrected chi connectivity index (χ3v) is 6.54. The minimum atomic E-state index is -3.66. The maximum absolute atomic E-state index is 12.4. The van der Waals surface area contributed by atoms with Crippen molar-refractivity contribution in [2.75, 3.05) is 11.1 Å². The smallest absolute Gasteiger partial charge is 0.379 e. The maximum Gasteiger partial charge on any atom is 0.379 e. The summed E-state index contributed by atoms with van der Waals surface area (Å²) in [5, 5.41) is 11.3. The van der Waals surface area contributed by atoms with Crippen LogP contribution in [0.15, 0.2) is 57.8 Å². The van der Waals surface area contributed by atoms with E-state index in [2.05, 4.69) is 14.7 Å². The number of furan rings is 1. The van der Waals surface area contributed by atoms with E-state index >= 15 is 0 Å². The lowest BCUT2D eigenvalue weighted by atomic mass is 10.1. The zero-order valence-electron chi connectivity index (χ0n) is 17.5. The summed E-state index contributed by atoms with van der Waals surface area (Å²) < 4.78 is 38.3. The number of hydrogen-bond donors (Lipinski definition) is 1. The first kappa shape index (κ1) is 23.8. The minimum Gasteiger partial charge on any atom is -0.457 e. The number of esters is 1. The monoisotopic (exact) mass is 486 g/mol. The maximum atomic E-state index is 12.4. The third-order valence-electron chi connectivity index (χ3n) is 3.95. The van der Waals surface area contributed by atoms with Crippen LogP contribution in [0.5, 0.6) is 5.75 Å². The molecule has 0 aliphatic carbocycles. The predicted octanol–water partition coefficient (Wildman–Crippen LogP) is 3.33. The van der Waals surface area contributed by atoms with Gasteiger partial charge in [0.25, 0.3) is 11.1 Å². The van der Waals surface area contributed by atoms with E-state index in [1.54, 1.807) is 38.1 Å². The van der Waals surface area contributed by atoms with Gasteiger partial charge in [0.15, 0.2) is 0 Å². The highest BCUT2D eigenvalue weighted by molar-refractivity contribution is 7.91. The summed E-state index contributed by atoms with van der Waals surface area (Å²) in [5.74, 6) is -1.35. The van der Waals surface area contributed by atoms with Gasteiger partial charge < -0.3 is 9.15 Å². The van der Waals surface area contributed by atoms with Crippen molar-refractivity contribution >= 4 is 44.5 Å². The number of aromatic nitrogens is 2. The van der Waals surface area contributed by atoms with Crippen molar-refractivity contribution < 1.29 is 27.2 Å². The molecule has 0 saturated heterocycles. The molecule has 0 fully saturated rings. The average Bonchev–Trinajstić information content (AvgIpc) is 3.45. The molecule has 0 bridgehead atoms. The largest absolute Gasteiger partial charge is 0.457 e. The zero-order valence-corrected chi connectivity index (χ0v) is 19.1. The quantitative estimate of drug-likeness (QED) is 0.219. The molecule has 0 spiro atoms. The summed E-state index contributed by atoms with van der Waals surface area (Å²) in [6.45, 7) is 3.51. The van der Waals surface area contributed by atoms with Gasteiger partial charge in [-0.15, -0.1) is 0 Å².